The van der Waals surface area contributed by atoms with Crippen molar-refractivity contribution in [3.63, 3.8) is 0 Å². The van der Waals surface area contributed by atoms with Crippen molar-refractivity contribution in [2.45, 2.75) is 38.6 Å². The third-order valence-electron chi connectivity index (χ3n) is 4.69. The number of rotatable bonds is 4. The van der Waals surface area contributed by atoms with Crippen molar-refractivity contribution in [3.8, 4) is 0 Å². The molecule has 2 fully saturated rings. The van der Waals surface area contributed by atoms with Crippen molar-refractivity contribution in [2.24, 2.45) is 11.8 Å². The number of carbonyl (C=O) groups excluding carboxylic acids is 1. The molecule has 3 rings (SSSR count). The molecule has 1 aromatic rings. The molecular weight excluding hydrogens is 296 g/mol. The topological polar surface area (TPSA) is 50.4 Å². The molecule has 4 nitrogen and oxygen atoms in total. The first kappa shape index (κ1) is 15.3. The van der Waals surface area contributed by atoms with Crippen LogP contribution in [-0.4, -0.2) is 23.7 Å². The van der Waals surface area contributed by atoms with Gasteiger partial charge in [-0.15, -0.1) is 0 Å². The fourth-order valence-corrected chi connectivity index (χ4v) is 3.96. The van der Waals surface area contributed by atoms with Crippen LogP contribution in [0.3, 0.4) is 0 Å². The van der Waals surface area contributed by atoms with Gasteiger partial charge in [0, 0.05) is 11.7 Å². The number of anilines is 1. The number of fused-ring (bicyclic) bond motifs is 2. The maximum atomic E-state index is 11.7. The summed E-state index contributed by atoms with van der Waals surface area (Å²) >= 11 is 5.41. The number of benzene rings is 1. The van der Waals surface area contributed by atoms with Gasteiger partial charge < -0.3 is 15.4 Å². The molecule has 2 N–H and O–H groups in total. The van der Waals surface area contributed by atoms with Gasteiger partial charge in [0.05, 0.1) is 12.2 Å². The van der Waals surface area contributed by atoms with Gasteiger partial charge in [-0.05, 0) is 68.4 Å². The number of hydrogen-bond donors (Lipinski definition) is 2. The predicted octanol–water partition coefficient (Wildman–Crippen LogP) is 3.34. The highest BCUT2D eigenvalue weighted by atomic mass is 32.1. The summed E-state index contributed by atoms with van der Waals surface area (Å²) in [6.07, 6.45) is 5.28. The fourth-order valence-electron chi connectivity index (χ4n) is 3.70. The average Bonchev–Trinajstić information content (AvgIpc) is 3.10. The molecule has 5 heteroatoms. The van der Waals surface area contributed by atoms with E-state index in [1.807, 2.05) is 12.1 Å². The molecular formula is C17H22N2O2S. The van der Waals surface area contributed by atoms with Crippen LogP contribution >= 0.6 is 12.2 Å². The van der Waals surface area contributed by atoms with E-state index in [1.54, 1.807) is 19.1 Å². The highest BCUT2D eigenvalue weighted by Crippen LogP contribution is 2.44. The van der Waals surface area contributed by atoms with E-state index in [-0.39, 0.29) is 5.97 Å². The van der Waals surface area contributed by atoms with Gasteiger partial charge in [-0.1, -0.05) is 12.5 Å². The lowest BCUT2D eigenvalue weighted by atomic mass is 9.96. The second kappa shape index (κ2) is 6.65. The zero-order valence-corrected chi connectivity index (χ0v) is 13.6. The first-order chi connectivity index (χ1) is 10.7. The third-order valence-corrected chi connectivity index (χ3v) is 4.91. The summed E-state index contributed by atoms with van der Waals surface area (Å²) in [4.78, 5) is 11.7. The van der Waals surface area contributed by atoms with E-state index in [2.05, 4.69) is 10.6 Å². The van der Waals surface area contributed by atoms with E-state index < -0.39 is 0 Å². The van der Waals surface area contributed by atoms with Crippen LogP contribution in [0.15, 0.2) is 24.3 Å². The molecule has 22 heavy (non-hydrogen) atoms. The van der Waals surface area contributed by atoms with Crippen molar-refractivity contribution in [2.75, 3.05) is 11.9 Å². The van der Waals surface area contributed by atoms with Crippen LogP contribution in [0.1, 0.15) is 43.0 Å². The lowest BCUT2D eigenvalue weighted by Gasteiger charge is -2.24. The Morgan fingerprint density at radius 2 is 2.23 bits per heavy atom. The van der Waals surface area contributed by atoms with Crippen molar-refractivity contribution < 1.29 is 9.53 Å². The normalized spacial score (nSPS) is 25.8. The SMILES string of the molecule is CCOC(=O)c1cccc(NC(=S)N[C@@H]2C[C@H]3CC[C@@H]2C3)c1. The van der Waals surface area contributed by atoms with E-state index in [0.29, 0.717) is 23.3 Å². The maximum absolute atomic E-state index is 11.7. The number of ether oxygens (including phenoxy) is 1. The van der Waals surface area contributed by atoms with Gasteiger partial charge in [0.2, 0.25) is 0 Å². The molecule has 0 aliphatic heterocycles. The monoisotopic (exact) mass is 318 g/mol. The molecule has 2 bridgehead atoms. The standard InChI is InChI=1S/C17H22N2O2S/c1-2-21-16(20)13-4-3-5-14(10-13)18-17(22)19-15-9-11-6-7-12(15)8-11/h3-5,10-12,15H,2,6-9H2,1H3,(H2,18,19,22)/t11-,12+,15+/m0/s1. The smallest absolute Gasteiger partial charge is 0.338 e. The van der Waals surface area contributed by atoms with Crippen LogP contribution in [0.25, 0.3) is 0 Å². The predicted molar refractivity (Wildman–Crippen MR) is 91.0 cm³/mol. The molecule has 3 atom stereocenters. The minimum absolute atomic E-state index is 0.307. The van der Waals surface area contributed by atoms with Crippen molar-refractivity contribution in [1.29, 1.82) is 0 Å². The Balaban J connectivity index is 1.57. The molecule has 2 aliphatic carbocycles. The summed E-state index contributed by atoms with van der Waals surface area (Å²) < 4.78 is 5.01. The van der Waals surface area contributed by atoms with Crippen LogP contribution in [0.5, 0.6) is 0 Å². The van der Waals surface area contributed by atoms with Crippen LogP contribution < -0.4 is 10.6 Å². The molecule has 1 aromatic carbocycles. The van der Waals surface area contributed by atoms with Gasteiger partial charge in [0.25, 0.3) is 0 Å². The first-order valence-electron chi connectivity index (χ1n) is 8.00. The Labute approximate surface area is 136 Å². The Hall–Kier alpha value is -1.62. The second-order valence-electron chi connectivity index (χ2n) is 6.18. The van der Waals surface area contributed by atoms with Gasteiger partial charge in [0.15, 0.2) is 5.11 Å². The van der Waals surface area contributed by atoms with Gasteiger partial charge >= 0.3 is 5.97 Å². The summed E-state index contributed by atoms with van der Waals surface area (Å²) in [7, 11) is 0. The van der Waals surface area contributed by atoms with E-state index in [4.69, 9.17) is 17.0 Å². The van der Waals surface area contributed by atoms with E-state index in [9.17, 15) is 4.79 Å². The number of hydrogen-bond acceptors (Lipinski definition) is 3. The lowest BCUT2D eigenvalue weighted by Crippen LogP contribution is -2.40. The lowest BCUT2D eigenvalue weighted by molar-refractivity contribution is 0.0526. The third kappa shape index (κ3) is 3.40. The minimum Gasteiger partial charge on any atom is -0.462 e. The summed E-state index contributed by atoms with van der Waals surface area (Å²) in [5, 5.41) is 7.25. The first-order valence-corrected chi connectivity index (χ1v) is 8.41. The number of esters is 1. The molecule has 0 saturated heterocycles. The Bertz CT molecular complexity index is 576. The molecule has 0 radical (unpaired) electrons. The minimum atomic E-state index is -0.307. The molecule has 118 valence electrons. The van der Waals surface area contributed by atoms with Gasteiger partial charge in [-0.25, -0.2) is 4.79 Å². The molecule has 0 aromatic heterocycles. The zero-order valence-electron chi connectivity index (χ0n) is 12.8. The van der Waals surface area contributed by atoms with Crippen molar-refractivity contribution in [1.82, 2.24) is 5.32 Å². The average molecular weight is 318 g/mol. The zero-order chi connectivity index (χ0) is 15.5. The highest BCUT2D eigenvalue weighted by molar-refractivity contribution is 7.80. The summed E-state index contributed by atoms with van der Waals surface area (Å²) in [5.41, 5.74) is 1.35. The van der Waals surface area contributed by atoms with Gasteiger partial charge in [0.1, 0.15) is 0 Å². The quantitative estimate of drug-likeness (QED) is 0.659. The number of thiocarbonyl (C=S) groups is 1. The summed E-state index contributed by atoms with van der Waals surface area (Å²) in [5.74, 6) is 1.35. The van der Waals surface area contributed by atoms with E-state index >= 15 is 0 Å². The molecule has 0 amide bonds. The van der Waals surface area contributed by atoms with Gasteiger partial charge in [-0.3, -0.25) is 0 Å². The Morgan fingerprint density at radius 1 is 1.36 bits per heavy atom. The van der Waals surface area contributed by atoms with Crippen molar-refractivity contribution >= 4 is 29.0 Å². The molecule has 2 saturated carbocycles. The molecule has 0 unspecified atom stereocenters. The number of carbonyl (C=O) groups is 1. The van der Waals surface area contributed by atoms with Crippen molar-refractivity contribution in [3.05, 3.63) is 29.8 Å². The van der Waals surface area contributed by atoms with E-state index in [1.165, 1.54) is 25.7 Å². The fraction of sp³-hybridized carbons (Fsp3) is 0.529. The molecule has 0 heterocycles. The molecule has 2 aliphatic rings. The van der Waals surface area contributed by atoms with Crippen LogP contribution in [0, 0.1) is 11.8 Å². The summed E-state index contributed by atoms with van der Waals surface area (Å²) in [6.45, 7) is 2.18. The van der Waals surface area contributed by atoms with Gasteiger partial charge in [-0.2, -0.15) is 0 Å². The second-order valence-corrected chi connectivity index (χ2v) is 6.59. The van der Waals surface area contributed by atoms with Crippen LogP contribution in [0.4, 0.5) is 5.69 Å². The Kier molecular flexibility index (Phi) is 4.62. The molecule has 0 spiro atoms. The van der Waals surface area contributed by atoms with E-state index in [0.717, 1.165) is 17.5 Å². The van der Waals surface area contributed by atoms with Crippen LogP contribution in [0.2, 0.25) is 0 Å². The number of nitrogens with one attached hydrogen (secondary N) is 2. The van der Waals surface area contributed by atoms with Crippen LogP contribution in [-0.2, 0) is 4.74 Å². The summed E-state index contributed by atoms with van der Waals surface area (Å²) in [6, 6.07) is 7.75. The largest absolute Gasteiger partial charge is 0.462 e. The Morgan fingerprint density at radius 3 is 2.91 bits per heavy atom. The maximum Gasteiger partial charge on any atom is 0.338 e. The highest BCUT2D eigenvalue weighted by Gasteiger charge is 2.39.